The van der Waals surface area contributed by atoms with Gasteiger partial charge in [0.05, 0.1) is 11.4 Å². The standard InChI is InChI=1S/C13H15BrN2O2S2/c1-3-10-5-7-13(19-10)20(17,18)16(2)12-6-4-9(14)8-11(12)15/h4-8H,3,15H2,1-2H3. The number of aryl methyl sites for hydroxylation is 1. The van der Waals surface area contributed by atoms with Gasteiger partial charge in [-0.2, -0.15) is 0 Å². The first-order valence-electron chi connectivity index (χ1n) is 5.99. The molecule has 2 N–H and O–H groups in total. The fraction of sp³-hybridized carbons (Fsp3) is 0.231. The molecule has 0 fully saturated rings. The summed E-state index contributed by atoms with van der Waals surface area (Å²) in [4.78, 5) is 1.04. The molecule has 2 rings (SSSR count). The molecule has 0 radical (unpaired) electrons. The van der Waals surface area contributed by atoms with Gasteiger partial charge in [0.15, 0.2) is 0 Å². The summed E-state index contributed by atoms with van der Waals surface area (Å²) in [7, 11) is -2.05. The molecule has 108 valence electrons. The van der Waals surface area contributed by atoms with E-state index in [2.05, 4.69) is 15.9 Å². The van der Waals surface area contributed by atoms with Crippen molar-refractivity contribution in [2.24, 2.45) is 0 Å². The number of benzene rings is 1. The Morgan fingerprint density at radius 3 is 2.55 bits per heavy atom. The zero-order valence-corrected chi connectivity index (χ0v) is 14.3. The number of sulfonamides is 1. The number of nitrogen functional groups attached to an aromatic ring is 1. The number of hydrogen-bond donors (Lipinski definition) is 1. The van der Waals surface area contributed by atoms with Crippen LogP contribution >= 0.6 is 27.3 Å². The van der Waals surface area contributed by atoms with Crippen molar-refractivity contribution < 1.29 is 8.42 Å². The Bertz CT molecular complexity index is 726. The van der Waals surface area contributed by atoms with Gasteiger partial charge < -0.3 is 5.73 Å². The van der Waals surface area contributed by atoms with E-state index in [4.69, 9.17) is 5.73 Å². The zero-order chi connectivity index (χ0) is 14.9. The lowest BCUT2D eigenvalue weighted by Gasteiger charge is -2.20. The van der Waals surface area contributed by atoms with Crippen molar-refractivity contribution in [3.05, 3.63) is 39.7 Å². The molecule has 0 unspecified atom stereocenters. The maximum atomic E-state index is 12.6. The number of halogens is 1. The van der Waals surface area contributed by atoms with E-state index in [1.165, 1.54) is 22.7 Å². The summed E-state index contributed by atoms with van der Waals surface area (Å²) in [6.45, 7) is 2.00. The second-order valence-corrected chi connectivity index (χ2v) is 8.53. The number of nitrogens with zero attached hydrogens (tertiary/aromatic N) is 1. The third-order valence-corrected chi connectivity index (χ3v) is 6.89. The number of hydrogen-bond acceptors (Lipinski definition) is 4. The molecule has 0 saturated heterocycles. The summed E-state index contributed by atoms with van der Waals surface area (Å²) in [5.74, 6) is 0. The molecular weight excluding hydrogens is 360 g/mol. The van der Waals surface area contributed by atoms with E-state index in [1.54, 1.807) is 24.3 Å². The molecule has 0 saturated carbocycles. The lowest BCUT2D eigenvalue weighted by atomic mass is 10.3. The second-order valence-electron chi connectivity index (χ2n) is 4.25. The highest BCUT2D eigenvalue weighted by atomic mass is 79.9. The van der Waals surface area contributed by atoms with E-state index in [0.717, 1.165) is 15.8 Å². The van der Waals surface area contributed by atoms with Gasteiger partial charge in [0.25, 0.3) is 10.0 Å². The van der Waals surface area contributed by atoms with E-state index in [9.17, 15) is 8.42 Å². The lowest BCUT2D eigenvalue weighted by Crippen LogP contribution is -2.26. The Morgan fingerprint density at radius 1 is 1.30 bits per heavy atom. The number of anilines is 2. The molecule has 1 heterocycles. The summed E-state index contributed by atoms with van der Waals surface area (Å²) < 4.78 is 27.5. The first-order valence-corrected chi connectivity index (χ1v) is 9.04. The number of thiophene rings is 1. The smallest absolute Gasteiger partial charge is 0.273 e. The molecule has 0 aliphatic rings. The summed E-state index contributed by atoms with van der Waals surface area (Å²) in [5, 5.41) is 0. The van der Waals surface area contributed by atoms with Crippen molar-refractivity contribution in [3.63, 3.8) is 0 Å². The van der Waals surface area contributed by atoms with Crippen LogP contribution in [0.4, 0.5) is 11.4 Å². The van der Waals surface area contributed by atoms with Crippen LogP contribution in [0.15, 0.2) is 39.0 Å². The van der Waals surface area contributed by atoms with E-state index in [0.29, 0.717) is 15.6 Å². The lowest BCUT2D eigenvalue weighted by molar-refractivity contribution is 0.596. The van der Waals surface area contributed by atoms with Crippen molar-refractivity contribution in [1.82, 2.24) is 0 Å². The minimum Gasteiger partial charge on any atom is -0.397 e. The Kier molecular flexibility index (Phi) is 4.41. The van der Waals surface area contributed by atoms with Crippen LogP contribution < -0.4 is 10.0 Å². The highest BCUT2D eigenvalue weighted by Gasteiger charge is 2.24. The van der Waals surface area contributed by atoms with Crippen LogP contribution in [0.1, 0.15) is 11.8 Å². The minimum absolute atomic E-state index is 0.333. The normalized spacial score (nSPS) is 11.6. The maximum Gasteiger partial charge on any atom is 0.273 e. The summed E-state index contributed by atoms with van der Waals surface area (Å²) >= 11 is 4.60. The van der Waals surface area contributed by atoms with E-state index in [1.807, 2.05) is 13.0 Å². The van der Waals surface area contributed by atoms with Crippen molar-refractivity contribution in [2.45, 2.75) is 17.6 Å². The number of rotatable bonds is 4. The molecule has 0 bridgehead atoms. The van der Waals surface area contributed by atoms with Crippen LogP contribution in [-0.4, -0.2) is 15.5 Å². The second kappa shape index (κ2) is 5.75. The van der Waals surface area contributed by atoms with E-state index >= 15 is 0 Å². The minimum atomic E-state index is -3.56. The van der Waals surface area contributed by atoms with Gasteiger partial charge in [-0.3, -0.25) is 4.31 Å². The zero-order valence-electron chi connectivity index (χ0n) is 11.1. The maximum absolute atomic E-state index is 12.6. The summed E-state index contributed by atoms with van der Waals surface area (Å²) in [6.07, 6.45) is 0.824. The van der Waals surface area contributed by atoms with Crippen molar-refractivity contribution in [2.75, 3.05) is 17.1 Å². The van der Waals surface area contributed by atoms with Crippen LogP contribution in [0.3, 0.4) is 0 Å². The van der Waals surface area contributed by atoms with Crippen molar-refractivity contribution in [3.8, 4) is 0 Å². The highest BCUT2D eigenvalue weighted by molar-refractivity contribution is 9.10. The number of nitrogens with two attached hydrogens (primary N) is 1. The van der Waals surface area contributed by atoms with Crippen LogP contribution in [-0.2, 0) is 16.4 Å². The van der Waals surface area contributed by atoms with Gasteiger partial charge in [0, 0.05) is 16.4 Å². The van der Waals surface area contributed by atoms with Gasteiger partial charge in [-0.15, -0.1) is 11.3 Å². The average molecular weight is 375 g/mol. The molecule has 0 aliphatic heterocycles. The van der Waals surface area contributed by atoms with E-state index < -0.39 is 10.0 Å². The molecule has 2 aromatic rings. The molecule has 20 heavy (non-hydrogen) atoms. The van der Waals surface area contributed by atoms with Crippen molar-refractivity contribution >= 4 is 48.7 Å². The Morgan fingerprint density at radius 2 is 2.00 bits per heavy atom. The predicted octanol–water partition coefficient (Wildman–Crippen LogP) is 3.48. The van der Waals surface area contributed by atoms with Crippen LogP contribution in [0.2, 0.25) is 0 Å². The fourth-order valence-corrected chi connectivity index (χ4v) is 4.83. The monoisotopic (exact) mass is 374 g/mol. The molecule has 0 atom stereocenters. The Balaban J connectivity index is 2.43. The fourth-order valence-electron chi connectivity index (χ4n) is 1.76. The summed E-state index contributed by atoms with van der Waals surface area (Å²) in [5.41, 5.74) is 6.78. The topological polar surface area (TPSA) is 63.4 Å². The highest BCUT2D eigenvalue weighted by Crippen LogP contribution is 2.32. The van der Waals surface area contributed by atoms with Crippen LogP contribution in [0.5, 0.6) is 0 Å². The molecule has 1 aromatic carbocycles. The van der Waals surface area contributed by atoms with Gasteiger partial charge in [-0.25, -0.2) is 8.42 Å². The largest absolute Gasteiger partial charge is 0.397 e. The van der Waals surface area contributed by atoms with Gasteiger partial charge >= 0.3 is 0 Å². The third-order valence-electron chi connectivity index (χ3n) is 2.93. The SMILES string of the molecule is CCc1ccc(S(=O)(=O)N(C)c2ccc(Br)cc2N)s1. The summed E-state index contributed by atoms with van der Waals surface area (Å²) in [6, 6.07) is 8.63. The van der Waals surface area contributed by atoms with Gasteiger partial charge in [-0.05, 0) is 36.8 Å². The predicted molar refractivity (Wildman–Crippen MR) is 87.8 cm³/mol. The first-order chi connectivity index (χ1) is 9.36. The van der Waals surface area contributed by atoms with Gasteiger partial charge in [0.1, 0.15) is 4.21 Å². The molecule has 4 nitrogen and oxygen atoms in total. The van der Waals surface area contributed by atoms with Gasteiger partial charge in [0.2, 0.25) is 0 Å². The molecule has 1 aromatic heterocycles. The average Bonchev–Trinajstić information content (AvgIpc) is 2.87. The van der Waals surface area contributed by atoms with Crippen LogP contribution in [0.25, 0.3) is 0 Å². The molecule has 0 amide bonds. The van der Waals surface area contributed by atoms with E-state index in [-0.39, 0.29) is 0 Å². The molecular formula is C13H15BrN2O2S2. The Hall–Kier alpha value is -1.05. The quantitative estimate of drug-likeness (QED) is 0.833. The van der Waals surface area contributed by atoms with Crippen molar-refractivity contribution in [1.29, 1.82) is 0 Å². The van der Waals surface area contributed by atoms with Gasteiger partial charge in [-0.1, -0.05) is 22.9 Å². The molecule has 7 heteroatoms. The van der Waals surface area contributed by atoms with Crippen LogP contribution in [0, 0.1) is 0 Å². The Labute approximate surface area is 131 Å². The third kappa shape index (κ3) is 2.84. The molecule has 0 spiro atoms. The first kappa shape index (κ1) is 15.3. The molecule has 0 aliphatic carbocycles.